The van der Waals surface area contributed by atoms with Gasteiger partial charge in [-0.1, -0.05) is 33.1 Å². The van der Waals surface area contributed by atoms with Gasteiger partial charge in [-0.25, -0.2) is 9.28 Å². The van der Waals surface area contributed by atoms with E-state index in [0.29, 0.717) is 129 Å². The molecule has 3 rings (SSSR count). The molecule has 0 radical (unpaired) electrons. The number of rotatable bonds is 56. The predicted octanol–water partition coefficient (Wildman–Crippen LogP) is -1.02. The number of carbonyl (C=O) groups is 9. The van der Waals surface area contributed by atoms with E-state index in [1.807, 2.05) is 0 Å². The molecular weight excluding hydrogens is 1330 g/mol. The number of nitrogens with zero attached hydrogens (tertiary/aromatic N) is 1. The minimum Gasteiger partial charge on any atom is -0.394 e. The van der Waals surface area contributed by atoms with Crippen LogP contribution < -0.4 is 31.9 Å². The van der Waals surface area contributed by atoms with Crippen molar-refractivity contribution in [2.45, 2.75) is 268 Å². The van der Waals surface area contributed by atoms with Crippen molar-refractivity contribution >= 4 is 52.9 Å². The zero-order valence-corrected chi connectivity index (χ0v) is 60.2. The average Bonchev–Trinajstić information content (AvgIpc) is 0.841. The maximum absolute atomic E-state index is 14.8. The zero-order valence-electron chi connectivity index (χ0n) is 60.2. The van der Waals surface area contributed by atoms with Gasteiger partial charge in [0.05, 0.1) is 51.6 Å². The van der Waals surface area contributed by atoms with E-state index < -0.39 is 128 Å². The van der Waals surface area contributed by atoms with E-state index in [1.54, 1.807) is 13.8 Å². The number of ketones is 2. The van der Waals surface area contributed by atoms with Gasteiger partial charge in [-0.15, -0.1) is 0 Å². The molecule has 0 aliphatic carbocycles. The third-order valence-electron chi connectivity index (χ3n) is 18.4. The van der Waals surface area contributed by atoms with Crippen LogP contribution in [-0.2, 0) is 76.3 Å². The highest BCUT2D eigenvalue weighted by Crippen LogP contribution is 2.29. The van der Waals surface area contributed by atoms with Crippen LogP contribution in [0.4, 0.5) is 0 Å². The number of amides is 7. The molecule has 0 saturated carbocycles. The number of methoxy groups -OCH3 is 1. The Labute approximate surface area is 594 Å². The fourth-order valence-corrected chi connectivity index (χ4v) is 12.2. The minimum atomic E-state index is -1.44. The Hall–Kier alpha value is -4.85. The van der Waals surface area contributed by atoms with Crippen molar-refractivity contribution in [3.63, 3.8) is 0 Å². The van der Waals surface area contributed by atoms with Crippen LogP contribution in [0.2, 0.25) is 0 Å². The van der Waals surface area contributed by atoms with Crippen LogP contribution >= 0.6 is 0 Å². The molecule has 0 aromatic rings. The van der Waals surface area contributed by atoms with Gasteiger partial charge in [0.1, 0.15) is 61.1 Å². The fraction of sp³-hybridized carbons (Fsp3) is 0.870. The first-order valence-corrected chi connectivity index (χ1v) is 36.7. The van der Waals surface area contributed by atoms with E-state index in [2.05, 4.69) is 31.9 Å². The van der Waals surface area contributed by atoms with Crippen LogP contribution in [0.1, 0.15) is 188 Å². The Balaban J connectivity index is 1.59. The number of hydrogen-bond donors (Lipinski definition) is 15. The molecule has 16 atom stereocenters. The van der Waals surface area contributed by atoms with E-state index in [9.17, 15) is 89.1 Å². The molecule has 7 amide bonds. The smallest absolute Gasteiger partial charge is 0.314 e. The number of ether oxygens (including phenoxy) is 7. The van der Waals surface area contributed by atoms with Gasteiger partial charge in [0, 0.05) is 123 Å². The summed E-state index contributed by atoms with van der Waals surface area (Å²) in [6, 6.07) is -1.07. The van der Waals surface area contributed by atoms with Crippen molar-refractivity contribution < 1.29 is 127 Å². The number of quaternary nitrogens is 1. The first-order chi connectivity index (χ1) is 48.4. The molecule has 0 aromatic heterocycles. The maximum atomic E-state index is 14.8. The first-order valence-electron chi connectivity index (χ1n) is 36.7. The molecule has 3 aliphatic rings. The number of hydrogen-bond acceptors (Lipinski definition) is 25. The Morgan fingerprint density at radius 1 is 0.376 bits per heavy atom. The number of aliphatic hydroxyl groups is 9. The summed E-state index contributed by atoms with van der Waals surface area (Å²) in [5, 5.41) is 107. The quantitative estimate of drug-likeness (QED) is 0.0256. The molecule has 15 N–H and O–H groups in total. The van der Waals surface area contributed by atoms with Gasteiger partial charge < -0.3 is 111 Å². The summed E-state index contributed by atoms with van der Waals surface area (Å²) in [5.41, 5.74) is 0. The fourth-order valence-electron chi connectivity index (χ4n) is 12.2. The monoisotopic (exact) mass is 1450 g/mol. The summed E-state index contributed by atoms with van der Waals surface area (Å²) < 4.78 is 38.6. The summed E-state index contributed by atoms with van der Waals surface area (Å²) in [5.74, 6) is -3.38. The van der Waals surface area contributed by atoms with Gasteiger partial charge in [0.25, 0.3) is 5.91 Å². The third-order valence-corrected chi connectivity index (χ3v) is 18.4. The van der Waals surface area contributed by atoms with E-state index >= 15 is 0 Å². The predicted molar refractivity (Wildman–Crippen MR) is 364 cm³/mol. The lowest BCUT2D eigenvalue weighted by Crippen LogP contribution is -2.64. The van der Waals surface area contributed by atoms with Crippen molar-refractivity contribution in [1.82, 2.24) is 31.9 Å². The van der Waals surface area contributed by atoms with E-state index in [4.69, 9.17) is 33.2 Å². The molecule has 0 aromatic carbocycles. The van der Waals surface area contributed by atoms with Crippen LogP contribution in [0.3, 0.4) is 0 Å². The second-order valence-corrected chi connectivity index (χ2v) is 26.9. The highest BCUT2D eigenvalue weighted by Gasteiger charge is 2.47. The Bertz CT molecular complexity index is 2400. The summed E-state index contributed by atoms with van der Waals surface area (Å²) in [6.45, 7) is 4.83. The number of unbranched alkanes of at least 4 members (excludes halogenated alkanes) is 10. The van der Waals surface area contributed by atoms with Crippen molar-refractivity contribution in [3.8, 4) is 0 Å². The van der Waals surface area contributed by atoms with Crippen molar-refractivity contribution in [2.24, 2.45) is 11.8 Å². The van der Waals surface area contributed by atoms with Gasteiger partial charge in [-0.3, -0.25) is 38.4 Å². The second kappa shape index (κ2) is 52.2. The Morgan fingerprint density at radius 3 is 1.21 bits per heavy atom. The number of aliphatic hydroxyl groups excluding tert-OH is 9. The lowest BCUT2D eigenvalue weighted by atomic mass is 9.92. The molecule has 7 unspecified atom stereocenters. The second-order valence-electron chi connectivity index (χ2n) is 26.9. The molecule has 3 fully saturated rings. The van der Waals surface area contributed by atoms with Gasteiger partial charge in [-0.05, 0) is 96.3 Å². The van der Waals surface area contributed by atoms with E-state index in [0.717, 1.165) is 0 Å². The topological polar surface area (TPSA) is 472 Å². The van der Waals surface area contributed by atoms with Crippen LogP contribution in [0, 0.1) is 11.8 Å². The maximum Gasteiger partial charge on any atom is 0.314 e. The van der Waals surface area contributed by atoms with Gasteiger partial charge in [-0.2, -0.15) is 0 Å². The Morgan fingerprint density at radius 2 is 0.752 bits per heavy atom. The largest absolute Gasteiger partial charge is 0.394 e. The highest BCUT2D eigenvalue weighted by atomic mass is 16.7. The molecule has 584 valence electrons. The van der Waals surface area contributed by atoms with Gasteiger partial charge in [0.15, 0.2) is 31.2 Å². The highest BCUT2D eigenvalue weighted by molar-refractivity contribution is 5.85. The molecule has 0 bridgehead atoms. The van der Waals surface area contributed by atoms with E-state index in [1.165, 1.54) is 14.0 Å². The number of Topliss-reactive ketones (excluding diaryl/α,β-unsaturated/α-hetero) is 2. The zero-order chi connectivity index (χ0) is 74.5. The molecular formula is C69H124N7O25+. The van der Waals surface area contributed by atoms with Crippen molar-refractivity contribution in [3.05, 3.63) is 0 Å². The molecule has 101 heavy (non-hydrogen) atoms. The molecule has 32 nitrogen and oxygen atoms in total. The van der Waals surface area contributed by atoms with E-state index in [-0.39, 0.29) is 158 Å². The lowest BCUT2D eigenvalue weighted by Gasteiger charge is -2.42. The SMILES string of the molecule is COCCC(=O)CCCC(=O)NCCCCC[N+](CC(=O)CCCCNC(=O)CCCCCO[C@@H]1OC(CO)[C@H](O)[C@H](O)C1NC(C)=O)(CC(=O)NCCCNC(=O)CCCCCO[C@@H]1OC(CO)[C@H](O)[C@H](O)C1C)C(=O)CCCCNC(=O)CCCCCO[C@@H]1OC(CO)[C@H](O)[C@H](O)C1C. The molecule has 3 saturated heterocycles. The number of nitrogens with one attached hydrogen (secondary N) is 6. The van der Waals surface area contributed by atoms with Crippen molar-refractivity contribution in [2.75, 3.05) is 106 Å². The average molecular weight is 1450 g/mol. The molecule has 32 heteroatoms. The standard InChI is InChI=1S/C69H123N7O25/c1-46-61(89)63(91)51(43-77)99-67(46)96-37-18-5-9-25-55(84)72-33-16-13-29-59(88)76(36-17-8-14-31-70-57(86)28-21-24-49(81)30-40-95-4,42-58(87)74-35-22-34-73-56(85)27-10-6-19-38-97-68-47(2)62(90)64(92)52(44-78)100-68)41-50(82)23-12-15-32-71-54(83)26-11-7-20-39-98-69-60(75-48(3)80)66(94)65(93)53(45-79)101-69/h46-47,51-53,60-69,77-79,89-94H,5-45H2,1-4H3,(H5-,70,71,72,73,74,75,80,83,84,85,86,87)/p+1/t46?,47?,51?,52?,53?,60?,61-,62-,63+,64+,65+,66-,67-,68-,69-,76?/m1/s1. The normalized spacial score (nSPS) is 25.7. The van der Waals surface area contributed by atoms with Crippen LogP contribution in [-0.4, -0.2) is 289 Å². The minimum absolute atomic E-state index is 0.00924. The van der Waals surface area contributed by atoms with Crippen LogP contribution in [0.5, 0.6) is 0 Å². The Kier molecular flexibility index (Phi) is 46.7. The lowest BCUT2D eigenvalue weighted by molar-refractivity contribution is -0.839. The number of carbonyl (C=O) groups excluding carboxylic acids is 9. The third kappa shape index (κ3) is 35.7. The van der Waals surface area contributed by atoms with Crippen LogP contribution in [0.15, 0.2) is 0 Å². The van der Waals surface area contributed by atoms with Crippen LogP contribution in [0.25, 0.3) is 0 Å². The summed E-state index contributed by atoms with van der Waals surface area (Å²) in [7, 11) is 1.51. The molecule has 3 aliphatic heterocycles. The summed E-state index contributed by atoms with van der Waals surface area (Å²) in [4.78, 5) is 118. The van der Waals surface area contributed by atoms with Gasteiger partial charge >= 0.3 is 5.91 Å². The summed E-state index contributed by atoms with van der Waals surface area (Å²) >= 11 is 0. The molecule has 3 heterocycles. The van der Waals surface area contributed by atoms with Crippen molar-refractivity contribution in [1.29, 1.82) is 0 Å². The summed E-state index contributed by atoms with van der Waals surface area (Å²) in [6.07, 6.45) is -2.98. The molecule has 0 spiro atoms. The van der Waals surface area contributed by atoms with Gasteiger partial charge in [0.2, 0.25) is 29.5 Å². The first kappa shape index (κ1) is 90.4.